The van der Waals surface area contributed by atoms with Gasteiger partial charge in [0.25, 0.3) is 0 Å². The van der Waals surface area contributed by atoms with Gasteiger partial charge < -0.3 is 10.5 Å². The normalized spacial score (nSPS) is 9.83. The maximum absolute atomic E-state index is 9.08. The number of nitrogens with zero attached hydrogens (tertiary/aromatic N) is 2. The molecular weight excluding hydrogens is 226 g/mol. The third-order valence-corrected chi connectivity index (χ3v) is 2.70. The van der Waals surface area contributed by atoms with Crippen molar-refractivity contribution in [2.24, 2.45) is 0 Å². The minimum absolute atomic E-state index is 0.306. The van der Waals surface area contributed by atoms with Crippen LogP contribution in [0.1, 0.15) is 16.7 Å². The lowest BCUT2D eigenvalue weighted by Gasteiger charge is -2.09. The van der Waals surface area contributed by atoms with Crippen molar-refractivity contribution >= 4 is 5.69 Å². The van der Waals surface area contributed by atoms with Crippen molar-refractivity contribution in [2.75, 3.05) is 5.73 Å². The van der Waals surface area contributed by atoms with Gasteiger partial charge in [0.15, 0.2) is 0 Å². The third kappa shape index (κ3) is 2.25. The van der Waals surface area contributed by atoms with E-state index in [4.69, 9.17) is 15.7 Å². The van der Waals surface area contributed by atoms with E-state index in [1.54, 1.807) is 24.4 Å². The molecule has 0 saturated carbocycles. The van der Waals surface area contributed by atoms with Crippen LogP contribution in [0.2, 0.25) is 0 Å². The zero-order valence-electron chi connectivity index (χ0n) is 10.3. The van der Waals surface area contributed by atoms with Crippen LogP contribution in [0.25, 0.3) is 0 Å². The zero-order chi connectivity index (χ0) is 13.1. The lowest BCUT2D eigenvalue weighted by Crippen LogP contribution is -1.95. The van der Waals surface area contributed by atoms with Gasteiger partial charge in [0.05, 0.1) is 0 Å². The summed E-state index contributed by atoms with van der Waals surface area (Å²) in [5.41, 5.74) is 8.72. The van der Waals surface area contributed by atoms with Crippen molar-refractivity contribution in [3.05, 3.63) is 47.2 Å². The minimum atomic E-state index is 0.306. The number of nitrogens with two attached hydrogens (primary N) is 1. The number of anilines is 1. The number of aromatic nitrogens is 1. The molecule has 0 fully saturated rings. The highest BCUT2D eigenvalue weighted by atomic mass is 16.5. The van der Waals surface area contributed by atoms with Gasteiger partial charge in [-0.05, 0) is 37.1 Å². The number of ether oxygens (including phenoxy) is 1. The molecule has 0 aliphatic rings. The van der Waals surface area contributed by atoms with E-state index in [2.05, 4.69) is 11.1 Å². The van der Waals surface area contributed by atoms with Crippen LogP contribution in [0, 0.1) is 25.2 Å². The molecular formula is C14H13N3O. The second-order valence-corrected chi connectivity index (χ2v) is 4.04. The van der Waals surface area contributed by atoms with Crippen LogP contribution >= 0.6 is 0 Å². The lowest BCUT2D eigenvalue weighted by molar-refractivity contribution is 0.461. The van der Waals surface area contributed by atoms with Crippen molar-refractivity contribution in [3.8, 4) is 17.7 Å². The average Bonchev–Trinajstić information content (AvgIpc) is 2.34. The van der Waals surface area contributed by atoms with Gasteiger partial charge in [-0.25, -0.2) is 4.98 Å². The van der Waals surface area contributed by atoms with Gasteiger partial charge in [-0.1, -0.05) is 6.07 Å². The van der Waals surface area contributed by atoms with E-state index < -0.39 is 0 Å². The van der Waals surface area contributed by atoms with Gasteiger partial charge in [0.2, 0.25) is 5.88 Å². The minimum Gasteiger partial charge on any atom is -0.438 e. The molecule has 0 saturated heterocycles. The van der Waals surface area contributed by atoms with Gasteiger partial charge in [-0.15, -0.1) is 0 Å². The van der Waals surface area contributed by atoms with Gasteiger partial charge in [-0.3, -0.25) is 0 Å². The first-order chi connectivity index (χ1) is 8.61. The van der Waals surface area contributed by atoms with Crippen LogP contribution in [-0.2, 0) is 0 Å². The Morgan fingerprint density at radius 2 is 2.00 bits per heavy atom. The molecule has 1 aromatic heterocycles. The van der Waals surface area contributed by atoms with Gasteiger partial charge >= 0.3 is 0 Å². The molecule has 4 heteroatoms. The highest BCUT2D eigenvalue weighted by molar-refractivity contribution is 5.52. The summed E-state index contributed by atoms with van der Waals surface area (Å²) >= 11 is 0. The van der Waals surface area contributed by atoms with Gasteiger partial charge in [0, 0.05) is 18.0 Å². The SMILES string of the molecule is Cc1ccc(Oc2nccc(C)c2C#N)cc1N. The number of nitriles is 1. The molecule has 0 spiro atoms. The Labute approximate surface area is 106 Å². The van der Waals surface area contributed by atoms with Crippen LogP contribution in [0.4, 0.5) is 5.69 Å². The number of aryl methyl sites for hydroxylation is 2. The van der Waals surface area contributed by atoms with E-state index in [0.29, 0.717) is 22.9 Å². The Morgan fingerprint density at radius 3 is 2.67 bits per heavy atom. The third-order valence-electron chi connectivity index (χ3n) is 2.70. The summed E-state index contributed by atoms with van der Waals surface area (Å²) in [6, 6.07) is 9.26. The fourth-order valence-electron chi connectivity index (χ4n) is 1.54. The smallest absolute Gasteiger partial charge is 0.237 e. The number of pyridine rings is 1. The van der Waals surface area contributed by atoms with E-state index in [1.807, 2.05) is 19.9 Å². The number of hydrogen-bond acceptors (Lipinski definition) is 4. The van der Waals surface area contributed by atoms with E-state index >= 15 is 0 Å². The molecule has 4 nitrogen and oxygen atoms in total. The Hall–Kier alpha value is -2.54. The molecule has 0 aliphatic carbocycles. The van der Waals surface area contributed by atoms with Crippen molar-refractivity contribution in [1.29, 1.82) is 5.26 Å². The molecule has 0 atom stereocenters. The van der Waals surface area contributed by atoms with Gasteiger partial charge in [0.1, 0.15) is 17.4 Å². The van der Waals surface area contributed by atoms with Crippen molar-refractivity contribution in [1.82, 2.24) is 4.98 Å². The summed E-state index contributed by atoms with van der Waals surface area (Å²) < 4.78 is 5.60. The molecule has 0 aliphatic heterocycles. The summed E-state index contributed by atoms with van der Waals surface area (Å²) in [7, 11) is 0. The summed E-state index contributed by atoms with van der Waals surface area (Å²) in [6.07, 6.45) is 1.61. The predicted molar refractivity (Wildman–Crippen MR) is 69.4 cm³/mol. The van der Waals surface area contributed by atoms with Crippen LogP contribution in [-0.4, -0.2) is 4.98 Å². The largest absolute Gasteiger partial charge is 0.438 e. The molecule has 0 unspecified atom stereocenters. The highest BCUT2D eigenvalue weighted by Crippen LogP contribution is 2.26. The Kier molecular flexibility index (Phi) is 3.16. The van der Waals surface area contributed by atoms with Crippen LogP contribution in [0.15, 0.2) is 30.5 Å². The maximum Gasteiger partial charge on any atom is 0.237 e. The first-order valence-electron chi connectivity index (χ1n) is 5.51. The number of rotatable bonds is 2. The molecule has 2 aromatic rings. The summed E-state index contributed by atoms with van der Waals surface area (Å²) in [4.78, 5) is 4.07. The second-order valence-electron chi connectivity index (χ2n) is 4.04. The van der Waals surface area contributed by atoms with E-state index in [9.17, 15) is 0 Å². The van der Waals surface area contributed by atoms with E-state index in [0.717, 1.165) is 11.1 Å². The number of nitrogen functional groups attached to an aromatic ring is 1. The quantitative estimate of drug-likeness (QED) is 0.818. The number of benzene rings is 1. The maximum atomic E-state index is 9.08. The van der Waals surface area contributed by atoms with E-state index in [1.165, 1.54) is 0 Å². The van der Waals surface area contributed by atoms with Gasteiger partial charge in [-0.2, -0.15) is 5.26 Å². The average molecular weight is 239 g/mol. The monoisotopic (exact) mass is 239 g/mol. The lowest BCUT2D eigenvalue weighted by atomic mass is 10.1. The summed E-state index contributed by atoms with van der Waals surface area (Å²) in [5, 5.41) is 9.08. The highest BCUT2D eigenvalue weighted by Gasteiger charge is 2.09. The second kappa shape index (κ2) is 4.76. The molecule has 1 aromatic carbocycles. The van der Waals surface area contributed by atoms with Crippen molar-refractivity contribution in [2.45, 2.75) is 13.8 Å². The molecule has 0 bridgehead atoms. The first-order valence-corrected chi connectivity index (χ1v) is 5.51. The summed E-state index contributed by atoms with van der Waals surface area (Å²) in [5.74, 6) is 0.883. The predicted octanol–water partition coefficient (Wildman–Crippen LogP) is 2.94. The van der Waals surface area contributed by atoms with Crippen LogP contribution in [0.3, 0.4) is 0 Å². The van der Waals surface area contributed by atoms with E-state index in [-0.39, 0.29) is 0 Å². The standard InChI is InChI=1S/C14H13N3O/c1-9-5-6-17-14(12(9)8-15)18-11-4-3-10(2)13(16)7-11/h3-7H,16H2,1-2H3. The molecule has 2 N–H and O–H groups in total. The Balaban J connectivity index is 2.37. The Morgan fingerprint density at radius 1 is 1.22 bits per heavy atom. The summed E-state index contributed by atoms with van der Waals surface area (Å²) in [6.45, 7) is 3.77. The molecule has 1 heterocycles. The molecule has 90 valence electrons. The first kappa shape index (κ1) is 11.9. The topological polar surface area (TPSA) is 71.9 Å². The molecule has 18 heavy (non-hydrogen) atoms. The number of hydrogen-bond donors (Lipinski definition) is 1. The molecule has 2 rings (SSSR count). The fraction of sp³-hybridized carbons (Fsp3) is 0.143. The zero-order valence-corrected chi connectivity index (χ0v) is 10.3. The molecule has 0 amide bonds. The fourth-order valence-corrected chi connectivity index (χ4v) is 1.54. The van der Waals surface area contributed by atoms with Crippen molar-refractivity contribution < 1.29 is 4.74 Å². The van der Waals surface area contributed by atoms with Crippen LogP contribution in [0.5, 0.6) is 11.6 Å². The van der Waals surface area contributed by atoms with Crippen LogP contribution < -0.4 is 10.5 Å². The van der Waals surface area contributed by atoms with Crippen molar-refractivity contribution in [3.63, 3.8) is 0 Å². The molecule has 0 radical (unpaired) electrons. The Bertz CT molecular complexity index is 629.